The van der Waals surface area contributed by atoms with Crippen molar-refractivity contribution in [3.05, 3.63) is 29.8 Å². The van der Waals surface area contributed by atoms with Crippen LogP contribution in [0.1, 0.15) is 105 Å². The van der Waals surface area contributed by atoms with Crippen LogP contribution in [0.2, 0.25) is 0 Å². The molecule has 0 amide bonds. The molecule has 0 aliphatic heterocycles. The molecule has 1 aliphatic rings. The van der Waals surface area contributed by atoms with Gasteiger partial charge in [0, 0.05) is 0 Å². The van der Waals surface area contributed by atoms with E-state index in [1.807, 2.05) is 46.8 Å². The van der Waals surface area contributed by atoms with Crippen molar-refractivity contribution >= 4 is 17.9 Å². The van der Waals surface area contributed by atoms with E-state index in [-0.39, 0.29) is 18.0 Å². The van der Waals surface area contributed by atoms with Crippen LogP contribution in [0, 0.1) is 11.3 Å². The van der Waals surface area contributed by atoms with Gasteiger partial charge in [-0.15, -0.1) is 0 Å². The summed E-state index contributed by atoms with van der Waals surface area (Å²) in [7, 11) is 0. The molecule has 7 heteroatoms. The first-order chi connectivity index (χ1) is 16.2. The molecule has 1 atom stereocenters. The number of carboxylic acid groups (broad SMARTS) is 1. The molecule has 0 spiro atoms. The molecule has 1 unspecified atom stereocenters. The van der Waals surface area contributed by atoms with Crippen molar-refractivity contribution in [2.45, 2.75) is 111 Å². The van der Waals surface area contributed by atoms with Crippen LogP contribution < -0.4 is 0 Å². The minimum Gasteiger partial charge on any atom is -0.508 e. The molecule has 1 saturated carbocycles. The highest BCUT2D eigenvalue weighted by Gasteiger charge is 2.38. The first kappa shape index (κ1) is 30.5. The van der Waals surface area contributed by atoms with Crippen LogP contribution in [-0.2, 0) is 23.9 Å². The normalized spacial score (nSPS) is 19.1. The predicted octanol–water partition coefficient (Wildman–Crippen LogP) is 6.23. The van der Waals surface area contributed by atoms with E-state index in [1.165, 1.54) is 5.56 Å². The third-order valence-corrected chi connectivity index (χ3v) is 7.11. The topological polar surface area (TPSA) is 110 Å². The standard InChI is InChI=1S/C18H30O6.C10H14O/c1-6-17(2,3)16(22)23-13-9-7-12(8-10-13)18(4,5)24-15(21)11-14(19)20;1-3-8(2)9-4-6-10(11)7-5-9/h12-13H,6-11H2,1-5H3,(H,19,20);4-8,11H,3H2,1-2H3. The number of rotatable bonds is 9. The number of phenols is 1. The molecule has 0 bridgehead atoms. The second-order valence-electron chi connectivity index (χ2n) is 10.7. The molecule has 2 rings (SSSR count). The monoisotopic (exact) mass is 492 g/mol. The summed E-state index contributed by atoms with van der Waals surface area (Å²) in [6.07, 6.45) is 4.17. The Bertz CT molecular complexity index is 818. The number of esters is 2. The number of hydrogen-bond donors (Lipinski definition) is 2. The molecule has 0 aromatic heterocycles. The third-order valence-electron chi connectivity index (χ3n) is 7.11. The molecule has 198 valence electrons. The minimum atomic E-state index is -1.19. The van der Waals surface area contributed by atoms with E-state index >= 15 is 0 Å². The van der Waals surface area contributed by atoms with E-state index in [2.05, 4.69) is 13.8 Å². The van der Waals surface area contributed by atoms with Crippen molar-refractivity contribution in [1.82, 2.24) is 0 Å². The van der Waals surface area contributed by atoms with Gasteiger partial charge in [-0.25, -0.2) is 0 Å². The molecule has 1 aromatic rings. The maximum Gasteiger partial charge on any atom is 0.317 e. The Morgan fingerprint density at radius 1 is 1.00 bits per heavy atom. The molecular weight excluding hydrogens is 448 g/mol. The summed E-state index contributed by atoms with van der Waals surface area (Å²) in [6, 6.07) is 7.43. The van der Waals surface area contributed by atoms with Gasteiger partial charge >= 0.3 is 17.9 Å². The van der Waals surface area contributed by atoms with Crippen molar-refractivity contribution in [2.24, 2.45) is 11.3 Å². The lowest BCUT2D eigenvalue weighted by Crippen LogP contribution is -2.41. The molecule has 1 aliphatic carbocycles. The van der Waals surface area contributed by atoms with Crippen LogP contribution in [0.25, 0.3) is 0 Å². The number of aromatic hydroxyl groups is 1. The molecule has 0 heterocycles. The molecule has 0 saturated heterocycles. The molecule has 2 N–H and O–H groups in total. The summed E-state index contributed by atoms with van der Waals surface area (Å²) >= 11 is 0. The summed E-state index contributed by atoms with van der Waals surface area (Å²) < 4.78 is 11.0. The SMILES string of the molecule is CCC(C)(C)C(=O)OC1CCC(C(C)(C)OC(=O)CC(=O)O)CC1.CCC(C)c1ccc(O)cc1. The maximum atomic E-state index is 12.1. The summed E-state index contributed by atoms with van der Waals surface area (Å²) in [5.74, 6) is -1.01. The van der Waals surface area contributed by atoms with Crippen LogP contribution in [0.5, 0.6) is 5.75 Å². The Kier molecular flexibility index (Phi) is 11.7. The highest BCUT2D eigenvalue weighted by molar-refractivity contribution is 5.90. The molecule has 7 nitrogen and oxygen atoms in total. The number of carbonyl (C=O) groups is 3. The zero-order valence-corrected chi connectivity index (χ0v) is 22.4. The van der Waals surface area contributed by atoms with Gasteiger partial charge in [0.1, 0.15) is 23.9 Å². The lowest BCUT2D eigenvalue weighted by atomic mass is 9.77. The quantitative estimate of drug-likeness (QED) is 0.311. The van der Waals surface area contributed by atoms with E-state index in [1.54, 1.807) is 12.1 Å². The van der Waals surface area contributed by atoms with E-state index < -0.39 is 29.4 Å². The average molecular weight is 493 g/mol. The molecule has 1 aromatic carbocycles. The fraction of sp³-hybridized carbons (Fsp3) is 0.679. The summed E-state index contributed by atoms with van der Waals surface area (Å²) in [5, 5.41) is 17.7. The zero-order chi connectivity index (χ0) is 26.8. The second-order valence-corrected chi connectivity index (χ2v) is 10.7. The Balaban J connectivity index is 0.000000462. The Morgan fingerprint density at radius 2 is 1.54 bits per heavy atom. The maximum absolute atomic E-state index is 12.1. The van der Waals surface area contributed by atoms with Gasteiger partial charge in [-0.3, -0.25) is 14.4 Å². The smallest absolute Gasteiger partial charge is 0.317 e. The van der Waals surface area contributed by atoms with Crippen molar-refractivity contribution in [1.29, 1.82) is 0 Å². The molecule has 0 radical (unpaired) electrons. The van der Waals surface area contributed by atoms with Gasteiger partial charge in [0.2, 0.25) is 0 Å². The van der Waals surface area contributed by atoms with Crippen molar-refractivity contribution in [2.75, 3.05) is 0 Å². The summed E-state index contributed by atoms with van der Waals surface area (Å²) in [4.78, 5) is 34.3. The predicted molar refractivity (Wildman–Crippen MR) is 135 cm³/mol. The Hall–Kier alpha value is -2.57. The van der Waals surface area contributed by atoms with E-state index in [4.69, 9.17) is 19.7 Å². The van der Waals surface area contributed by atoms with Gasteiger partial charge in [-0.1, -0.05) is 32.9 Å². The first-order valence-electron chi connectivity index (χ1n) is 12.6. The van der Waals surface area contributed by atoms with Crippen LogP contribution in [0.3, 0.4) is 0 Å². The van der Waals surface area contributed by atoms with Gasteiger partial charge in [0.25, 0.3) is 0 Å². The lowest BCUT2D eigenvalue weighted by Gasteiger charge is -2.39. The number of hydrogen-bond acceptors (Lipinski definition) is 6. The number of carbonyl (C=O) groups excluding carboxylic acids is 2. The lowest BCUT2D eigenvalue weighted by molar-refractivity contribution is -0.169. The zero-order valence-electron chi connectivity index (χ0n) is 22.4. The molecule has 1 fully saturated rings. The van der Waals surface area contributed by atoms with Gasteiger partial charge in [-0.05, 0) is 95.8 Å². The average Bonchev–Trinajstić information content (AvgIpc) is 2.78. The summed E-state index contributed by atoms with van der Waals surface area (Å²) in [5.41, 5.74) is 0.109. The minimum absolute atomic E-state index is 0.0925. The van der Waals surface area contributed by atoms with Crippen LogP contribution in [0.15, 0.2) is 24.3 Å². The van der Waals surface area contributed by atoms with E-state index in [0.29, 0.717) is 11.7 Å². The van der Waals surface area contributed by atoms with Crippen LogP contribution in [0.4, 0.5) is 0 Å². The number of phenolic OH excluding ortho intramolecular Hbond substituents is 1. The van der Waals surface area contributed by atoms with Crippen molar-refractivity contribution < 1.29 is 34.1 Å². The highest BCUT2D eigenvalue weighted by Crippen LogP contribution is 2.37. The van der Waals surface area contributed by atoms with Gasteiger partial charge in [0.15, 0.2) is 0 Å². The molecular formula is C28H44O7. The Labute approximate surface area is 210 Å². The van der Waals surface area contributed by atoms with E-state index in [0.717, 1.165) is 38.5 Å². The van der Waals surface area contributed by atoms with Crippen molar-refractivity contribution in [3.63, 3.8) is 0 Å². The first-order valence-corrected chi connectivity index (χ1v) is 12.6. The fourth-order valence-corrected chi connectivity index (χ4v) is 3.91. The van der Waals surface area contributed by atoms with Gasteiger partial charge in [0.05, 0.1) is 5.41 Å². The summed E-state index contributed by atoms with van der Waals surface area (Å²) in [6.45, 7) is 13.7. The molecule has 35 heavy (non-hydrogen) atoms. The number of aliphatic carboxylic acids is 1. The van der Waals surface area contributed by atoms with Crippen LogP contribution in [-0.4, -0.2) is 39.8 Å². The van der Waals surface area contributed by atoms with Gasteiger partial charge in [-0.2, -0.15) is 0 Å². The van der Waals surface area contributed by atoms with E-state index in [9.17, 15) is 14.4 Å². The second kappa shape index (κ2) is 13.5. The number of carboxylic acids is 1. The fourth-order valence-electron chi connectivity index (χ4n) is 3.91. The number of benzene rings is 1. The third kappa shape index (κ3) is 10.3. The Morgan fingerprint density at radius 3 is 2.00 bits per heavy atom. The van der Waals surface area contributed by atoms with Crippen LogP contribution >= 0.6 is 0 Å². The van der Waals surface area contributed by atoms with Gasteiger partial charge < -0.3 is 19.7 Å². The number of ether oxygens (including phenoxy) is 2. The highest BCUT2D eigenvalue weighted by atomic mass is 16.6. The van der Waals surface area contributed by atoms with Crippen molar-refractivity contribution in [3.8, 4) is 5.75 Å². The largest absolute Gasteiger partial charge is 0.508 e.